The number of likely N-dealkylation sites (N-methyl/N-ethyl adjacent to an activating group) is 1. The summed E-state index contributed by atoms with van der Waals surface area (Å²) in [6, 6.07) is 0. The van der Waals surface area contributed by atoms with Gasteiger partial charge in [0.15, 0.2) is 0 Å². The largest absolute Gasteiger partial charge is 0.339 e. The fraction of sp³-hybridized carbons (Fsp3) is 0.417. The zero-order chi connectivity index (χ0) is 13.8. The summed E-state index contributed by atoms with van der Waals surface area (Å²) in [6.45, 7) is 2.50. The molecule has 0 unspecified atom stereocenters. The van der Waals surface area contributed by atoms with Crippen LogP contribution in [0.1, 0.15) is 21.4 Å². The Kier molecular flexibility index (Phi) is 4.90. The van der Waals surface area contributed by atoms with Gasteiger partial charge in [0.25, 0.3) is 0 Å². The lowest BCUT2D eigenvalue weighted by molar-refractivity contribution is -0.129. The quantitative estimate of drug-likeness (QED) is 0.797. The number of carbonyl (C=O) groups is 1. The van der Waals surface area contributed by atoms with E-state index in [9.17, 15) is 4.79 Å². The van der Waals surface area contributed by atoms with Gasteiger partial charge in [-0.05, 0) is 6.92 Å². The standard InChI is InChI=1S/C12H14ClN3OS2/c1-8-14-10(7-18-8)5-16(2)12(17)3-11-15-9(4-13)6-19-11/h6-7H,3-5H2,1-2H3. The van der Waals surface area contributed by atoms with Crippen molar-refractivity contribution in [3.8, 4) is 0 Å². The second-order valence-corrected chi connectivity index (χ2v) is 6.42. The number of nitrogens with zero attached hydrogens (tertiary/aromatic N) is 3. The summed E-state index contributed by atoms with van der Waals surface area (Å²) in [4.78, 5) is 22.4. The molecule has 0 saturated carbocycles. The van der Waals surface area contributed by atoms with Crippen molar-refractivity contribution in [3.05, 3.63) is 32.2 Å². The fourth-order valence-electron chi connectivity index (χ4n) is 1.57. The first-order valence-electron chi connectivity index (χ1n) is 5.72. The van der Waals surface area contributed by atoms with Gasteiger partial charge in [-0.15, -0.1) is 34.3 Å². The highest BCUT2D eigenvalue weighted by Crippen LogP contribution is 2.14. The third kappa shape index (κ3) is 3.99. The first-order chi connectivity index (χ1) is 9.08. The zero-order valence-electron chi connectivity index (χ0n) is 10.7. The monoisotopic (exact) mass is 315 g/mol. The molecule has 2 aromatic rings. The van der Waals surface area contributed by atoms with Gasteiger partial charge in [-0.1, -0.05) is 0 Å². The molecule has 0 aliphatic heterocycles. The third-order valence-corrected chi connectivity index (χ3v) is 4.52. The second-order valence-electron chi connectivity index (χ2n) is 4.15. The van der Waals surface area contributed by atoms with E-state index in [1.807, 2.05) is 17.7 Å². The summed E-state index contributed by atoms with van der Waals surface area (Å²) < 4.78 is 0. The van der Waals surface area contributed by atoms with Gasteiger partial charge in [-0.3, -0.25) is 4.79 Å². The van der Waals surface area contributed by atoms with E-state index in [2.05, 4.69) is 9.97 Å². The number of aryl methyl sites for hydroxylation is 1. The van der Waals surface area contributed by atoms with Crippen LogP contribution in [0.3, 0.4) is 0 Å². The Hall–Kier alpha value is -0.980. The van der Waals surface area contributed by atoms with E-state index >= 15 is 0 Å². The van der Waals surface area contributed by atoms with Gasteiger partial charge >= 0.3 is 0 Å². The number of aromatic nitrogens is 2. The number of rotatable bonds is 5. The number of alkyl halides is 1. The average molecular weight is 316 g/mol. The molecule has 2 rings (SSSR count). The van der Waals surface area contributed by atoms with Gasteiger partial charge in [0.2, 0.25) is 5.91 Å². The molecule has 2 heterocycles. The van der Waals surface area contributed by atoms with Crippen LogP contribution >= 0.6 is 34.3 Å². The van der Waals surface area contributed by atoms with Crippen molar-refractivity contribution >= 4 is 40.2 Å². The average Bonchev–Trinajstić information content (AvgIpc) is 2.98. The van der Waals surface area contributed by atoms with Crippen LogP contribution in [0.5, 0.6) is 0 Å². The Morgan fingerprint density at radius 1 is 1.32 bits per heavy atom. The predicted molar refractivity (Wildman–Crippen MR) is 78.7 cm³/mol. The highest BCUT2D eigenvalue weighted by molar-refractivity contribution is 7.10. The molecule has 0 fully saturated rings. The van der Waals surface area contributed by atoms with E-state index in [4.69, 9.17) is 11.6 Å². The summed E-state index contributed by atoms with van der Waals surface area (Å²) in [5.41, 5.74) is 1.76. The van der Waals surface area contributed by atoms with Crippen LogP contribution in [0.25, 0.3) is 0 Å². The van der Waals surface area contributed by atoms with Crippen molar-refractivity contribution < 1.29 is 4.79 Å². The maximum atomic E-state index is 12.1. The smallest absolute Gasteiger partial charge is 0.229 e. The number of carbonyl (C=O) groups excluding carboxylic acids is 1. The molecule has 19 heavy (non-hydrogen) atoms. The minimum atomic E-state index is 0.0427. The predicted octanol–water partition coefficient (Wildman–Crippen LogP) is 2.85. The topological polar surface area (TPSA) is 46.1 Å². The van der Waals surface area contributed by atoms with Crippen LogP contribution in [0, 0.1) is 6.92 Å². The molecule has 0 N–H and O–H groups in total. The van der Waals surface area contributed by atoms with Crippen LogP contribution in [0.15, 0.2) is 10.8 Å². The van der Waals surface area contributed by atoms with Crippen molar-refractivity contribution in [1.82, 2.24) is 14.9 Å². The molecule has 1 amide bonds. The Labute approximate surface area is 125 Å². The van der Waals surface area contributed by atoms with Crippen LogP contribution in [0.2, 0.25) is 0 Å². The zero-order valence-corrected chi connectivity index (χ0v) is 13.1. The minimum absolute atomic E-state index is 0.0427. The number of thiazole rings is 2. The molecule has 2 aromatic heterocycles. The van der Waals surface area contributed by atoms with E-state index in [-0.39, 0.29) is 5.91 Å². The Balaban J connectivity index is 1.91. The molecular weight excluding hydrogens is 302 g/mol. The molecule has 0 radical (unpaired) electrons. The maximum Gasteiger partial charge on any atom is 0.229 e. The van der Waals surface area contributed by atoms with E-state index in [1.54, 1.807) is 23.3 Å². The van der Waals surface area contributed by atoms with E-state index < -0.39 is 0 Å². The lowest BCUT2D eigenvalue weighted by atomic mass is 10.3. The first-order valence-corrected chi connectivity index (χ1v) is 8.02. The van der Waals surface area contributed by atoms with Crippen molar-refractivity contribution in [3.63, 3.8) is 0 Å². The molecule has 0 saturated heterocycles. The summed E-state index contributed by atoms with van der Waals surface area (Å²) >= 11 is 8.76. The van der Waals surface area contributed by atoms with Gasteiger partial charge in [0, 0.05) is 17.8 Å². The van der Waals surface area contributed by atoms with Gasteiger partial charge < -0.3 is 4.90 Å². The first kappa shape index (κ1) is 14.4. The van der Waals surface area contributed by atoms with Gasteiger partial charge in [-0.2, -0.15) is 0 Å². The molecule has 4 nitrogen and oxygen atoms in total. The maximum absolute atomic E-state index is 12.1. The molecule has 0 atom stereocenters. The normalized spacial score (nSPS) is 10.7. The van der Waals surface area contributed by atoms with Crippen LogP contribution in [-0.4, -0.2) is 27.8 Å². The van der Waals surface area contributed by atoms with Crippen molar-refractivity contribution in [2.24, 2.45) is 0 Å². The van der Waals surface area contributed by atoms with Gasteiger partial charge in [-0.25, -0.2) is 9.97 Å². The van der Waals surface area contributed by atoms with Gasteiger partial charge in [0.1, 0.15) is 5.01 Å². The molecule has 0 spiro atoms. The number of hydrogen-bond donors (Lipinski definition) is 0. The van der Waals surface area contributed by atoms with Crippen LogP contribution in [0.4, 0.5) is 0 Å². The van der Waals surface area contributed by atoms with E-state index in [0.717, 1.165) is 21.4 Å². The highest BCUT2D eigenvalue weighted by Gasteiger charge is 2.13. The van der Waals surface area contributed by atoms with E-state index in [1.165, 1.54) is 11.3 Å². The summed E-state index contributed by atoms with van der Waals surface area (Å²) in [7, 11) is 1.78. The van der Waals surface area contributed by atoms with Crippen molar-refractivity contribution in [1.29, 1.82) is 0 Å². The fourth-order valence-corrected chi connectivity index (χ4v) is 3.18. The molecule has 0 aromatic carbocycles. The second kappa shape index (κ2) is 6.45. The lowest BCUT2D eigenvalue weighted by Crippen LogP contribution is -2.27. The third-order valence-electron chi connectivity index (χ3n) is 2.53. The molecule has 0 bridgehead atoms. The summed E-state index contributed by atoms with van der Waals surface area (Å²) in [6.07, 6.45) is 0.321. The highest BCUT2D eigenvalue weighted by atomic mass is 35.5. The SMILES string of the molecule is Cc1nc(CN(C)C(=O)Cc2nc(CCl)cs2)cs1. The summed E-state index contributed by atoms with van der Waals surface area (Å²) in [5, 5.41) is 5.69. The Morgan fingerprint density at radius 3 is 2.63 bits per heavy atom. The Bertz CT molecular complexity index is 567. The van der Waals surface area contributed by atoms with Crippen LogP contribution < -0.4 is 0 Å². The summed E-state index contributed by atoms with van der Waals surface area (Å²) in [5.74, 6) is 0.430. The number of halogens is 1. The number of amides is 1. The number of hydrogen-bond acceptors (Lipinski definition) is 5. The van der Waals surface area contributed by atoms with Gasteiger partial charge in [0.05, 0.1) is 35.2 Å². The molecule has 7 heteroatoms. The van der Waals surface area contributed by atoms with E-state index in [0.29, 0.717) is 18.8 Å². The Morgan fingerprint density at radius 2 is 2.05 bits per heavy atom. The molecule has 102 valence electrons. The van der Waals surface area contributed by atoms with Crippen molar-refractivity contribution in [2.45, 2.75) is 25.8 Å². The van der Waals surface area contributed by atoms with Crippen LogP contribution in [-0.2, 0) is 23.6 Å². The van der Waals surface area contributed by atoms with Crippen molar-refractivity contribution in [2.75, 3.05) is 7.05 Å². The molecular formula is C12H14ClN3OS2. The molecule has 0 aliphatic carbocycles. The molecule has 0 aliphatic rings. The lowest BCUT2D eigenvalue weighted by Gasteiger charge is -2.14. The minimum Gasteiger partial charge on any atom is -0.339 e.